The van der Waals surface area contributed by atoms with Crippen LogP contribution in [0.15, 0.2) is 0 Å². The van der Waals surface area contributed by atoms with Crippen LogP contribution in [-0.2, 0) is 4.74 Å². The third kappa shape index (κ3) is 1.64. The lowest BCUT2D eigenvalue weighted by Crippen LogP contribution is -2.51. The molecule has 12 heavy (non-hydrogen) atoms. The average Bonchev–Trinajstić information content (AvgIpc) is 2.05. The van der Waals surface area contributed by atoms with Crippen molar-refractivity contribution in [3.8, 4) is 0 Å². The van der Waals surface area contributed by atoms with Gasteiger partial charge in [-0.25, -0.2) is 0 Å². The van der Waals surface area contributed by atoms with Gasteiger partial charge in [0, 0.05) is 6.54 Å². The summed E-state index contributed by atoms with van der Waals surface area (Å²) in [7, 11) is 0. The first-order valence-electron chi connectivity index (χ1n) is 5.13. The molecule has 0 radical (unpaired) electrons. The van der Waals surface area contributed by atoms with E-state index in [1.807, 2.05) is 0 Å². The number of fused-ring (bicyclic) bond motifs is 3. The molecule has 0 aromatic rings. The van der Waals surface area contributed by atoms with E-state index in [0.29, 0.717) is 12.2 Å². The molecule has 70 valence electrons. The second-order valence-electron chi connectivity index (χ2n) is 4.36. The second kappa shape index (κ2) is 3.35. The molecule has 2 nitrogen and oxygen atoms in total. The number of piperidine rings is 3. The van der Waals surface area contributed by atoms with Crippen LogP contribution >= 0.6 is 0 Å². The highest BCUT2D eigenvalue weighted by Gasteiger charge is 2.34. The lowest BCUT2D eigenvalue weighted by Gasteiger charge is -2.45. The van der Waals surface area contributed by atoms with E-state index in [4.69, 9.17) is 4.74 Å². The Morgan fingerprint density at radius 1 is 1.25 bits per heavy atom. The maximum atomic E-state index is 5.88. The average molecular weight is 169 g/mol. The highest BCUT2D eigenvalue weighted by molar-refractivity contribution is 4.87. The van der Waals surface area contributed by atoms with Crippen LogP contribution in [-0.4, -0.2) is 36.7 Å². The van der Waals surface area contributed by atoms with Gasteiger partial charge >= 0.3 is 0 Å². The molecular weight excluding hydrogens is 150 g/mol. The van der Waals surface area contributed by atoms with Crippen molar-refractivity contribution in [2.24, 2.45) is 5.92 Å². The highest BCUT2D eigenvalue weighted by atomic mass is 16.5. The lowest BCUT2D eigenvalue weighted by molar-refractivity contribution is -0.0921. The van der Waals surface area contributed by atoms with Crippen molar-refractivity contribution in [3.05, 3.63) is 0 Å². The number of ether oxygens (including phenoxy) is 1. The highest BCUT2D eigenvalue weighted by Crippen LogP contribution is 2.29. The van der Waals surface area contributed by atoms with E-state index in [-0.39, 0.29) is 0 Å². The van der Waals surface area contributed by atoms with Crippen molar-refractivity contribution in [1.82, 2.24) is 4.90 Å². The van der Waals surface area contributed by atoms with Crippen molar-refractivity contribution >= 4 is 0 Å². The molecule has 3 heterocycles. The van der Waals surface area contributed by atoms with Gasteiger partial charge < -0.3 is 9.64 Å². The molecule has 1 atom stereocenters. The van der Waals surface area contributed by atoms with E-state index in [9.17, 15) is 0 Å². The fourth-order valence-electron chi connectivity index (χ4n) is 2.41. The Kier molecular flexibility index (Phi) is 2.37. The Labute approximate surface area is 74.9 Å². The number of hydrogen-bond acceptors (Lipinski definition) is 2. The molecule has 0 saturated carbocycles. The minimum Gasteiger partial charge on any atom is -0.374 e. The molecule has 0 aromatic heterocycles. The molecule has 3 fully saturated rings. The molecule has 0 aliphatic carbocycles. The van der Waals surface area contributed by atoms with Gasteiger partial charge in [0.15, 0.2) is 0 Å². The zero-order valence-electron chi connectivity index (χ0n) is 8.12. The van der Waals surface area contributed by atoms with Crippen molar-refractivity contribution in [2.75, 3.05) is 19.6 Å². The maximum Gasteiger partial charge on any atom is 0.0734 e. The number of nitrogens with zero attached hydrogens (tertiary/aromatic N) is 1. The predicted octanol–water partition coefficient (Wildman–Crippen LogP) is 1.51. The minimum atomic E-state index is 0.399. The van der Waals surface area contributed by atoms with Gasteiger partial charge in [0.2, 0.25) is 0 Å². The molecule has 2 bridgehead atoms. The van der Waals surface area contributed by atoms with Crippen LogP contribution in [0.1, 0.15) is 26.7 Å². The van der Waals surface area contributed by atoms with Crippen LogP contribution in [0.2, 0.25) is 0 Å². The van der Waals surface area contributed by atoms with Gasteiger partial charge in [-0.3, -0.25) is 0 Å². The fraction of sp³-hybridized carbons (Fsp3) is 1.00. The van der Waals surface area contributed by atoms with E-state index in [1.54, 1.807) is 0 Å². The first kappa shape index (κ1) is 8.52. The zero-order valence-corrected chi connectivity index (χ0v) is 8.12. The van der Waals surface area contributed by atoms with Crippen molar-refractivity contribution < 1.29 is 4.74 Å². The van der Waals surface area contributed by atoms with Gasteiger partial charge in [-0.15, -0.1) is 0 Å². The van der Waals surface area contributed by atoms with Gasteiger partial charge in [-0.1, -0.05) is 0 Å². The Morgan fingerprint density at radius 3 is 2.33 bits per heavy atom. The summed E-state index contributed by atoms with van der Waals surface area (Å²) in [6, 6.07) is 0. The molecule has 0 unspecified atom stereocenters. The van der Waals surface area contributed by atoms with Crippen LogP contribution in [0.5, 0.6) is 0 Å². The summed E-state index contributed by atoms with van der Waals surface area (Å²) in [6.07, 6.45) is 3.65. The second-order valence-corrected chi connectivity index (χ2v) is 4.36. The van der Waals surface area contributed by atoms with Crippen LogP contribution in [0.4, 0.5) is 0 Å². The van der Waals surface area contributed by atoms with Gasteiger partial charge in [0.25, 0.3) is 0 Å². The van der Waals surface area contributed by atoms with E-state index in [0.717, 1.165) is 5.92 Å². The molecule has 0 aromatic carbocycles. The van der Waals surface area contributed by atoms with Crippen molar-refractivity contribution in [2.45, 2.75) is 38.9 Å². The van der Waals surface area contributed by atoms with Crippen molar-refractivity contribution in [3.63, 3.8) is 0 Å². The van der Waals surface area contributed by atoms with Crippen LogP contribution in [0.3, 0.4) is 0 Å². The Bertz CT molecular complexity index is 148. The molecule has 0 spiro atoms. The van der Waals surface area contributed by atoms with E-state index < -0.39 is 0 Å². The van der Waals surface area contributed by atoms with E-state index >= 15 is 0 Å². The molecule has 3 aliphatic rings. The first-order chi connectivity index (χ1) is 5.75. The molecule has 0 amide bonds. The standard InChI is InChI=1S/C10H19NO/c1-8(2)12-10-7-11-5-3-9(10)4-6-11/h8-10H,3-7H2,1-2H3/t10-/m0/s1. The summed E-state index contributed by atoms with van der Waals surface area (Å²) in [6.45, 7) is 8.07. The molecule has 3 aliphatic heterocycles. The van der Waals surface area contributed by atoms with Gasteiger partial charge in [0.05, 0.1) is 12.2 Å². The summed E-state index contributed by atoms with van der Waals surface area (Å²) >= 11 is 0. The molecule has 2 heteroatoms. The van der Waals surface area contributed by atoms with E-state index in [2.05, 4.69) is 18.7 Å². The summed E-state index contributed by atoms with van der Waals surface area (Å²) in [4.78, 5) is 2.53. The van der Waals surface area contributed by atoms with Crippen LogP contribution in [0, 0.1) is 5.92 Å². The lowest BCUT2D eigenvalue weighted by atomic mass is 9.86. The number of hydrogen-bond donors (Lipinski definition) is 0. The topological polar surface area (TPSA) is 12.5 Å². The largest absolute Gasteiger partial charge is 0.374 e. The van der Waals surface area contributed by atoms with Gasteiger partial charge in [0.1, 0.15) is 0 Å². The maximum absolute atomic E-state index is 5.88. The van der Waals surface area contributed by atoms with Crippen LogP contribution in [0.25, 0.3) is 0 Å². The Balaban J connectivity index is 1.91. The normalized spacial score (nSPS) is 40.8. The Hall–Kier alpha value is -0.0800. The quantitative estimate of drug-likeness (QED) is 0.621. The molecular formula is C10H19NO. The predicted molar refractivity (Wildman–Crippen MR) is 49.2 cm³/mol. The molecule has 0 N–H and O–H groups in total. The van der Waals surface area contributed by atoms with Crippen LogP contribution < -0.4 is 0 Å². The minimum absolute atomic E-state index is 0.399. The smallest absolute Gasteiger partial charge is 0.0734 e. The van der Waals surface area contributed by atoms with Crippen molar-refractivity contribution in [1.29, 1.82) is 0 Å². The first-order valence-corrected chi connectivity index (χ1v) is 5.13. The van der Waals surface area contributed by atoms with Gasteiger partial charge in [-0.2, -0.15) is 0 Å². The third-order valence-corrected chi connectivity index (χ3v) is 3.04. The molecule has 3 rings (SSSR count). The third-order valence-electron chi connectivity index (χ3n) is 3.04. The zero-order chi connectivity index (χ0) is 8.55. The van der Waals surface area contributed by atoms with Gasteiger partial charge in [-0.05, 0) is 45.7 Å². The van der Waals surface area contributed by atoms with E-state index in [1.165, 1.54) is 32.5 Å². The molecule has 3 saturated heterocycles. The Morgan fingerprint density at radius 2 is 1.92 bits per heavy atom. The summed E-state index contributed by atoms with van der Waals surface area (Å²) in [5, 5.41) is 0. The summed E-state index contributed by atoms with van der Waals surface area (Å²) in [5.41, 5.74) is 0. The summed E-state index contributed by atoms with van der Waals surface area (Å²) < 4.78 is 5.88. The summed E-state index contributed by atoms with van der Waals surface area (Å²) in [5.74, 6) is 0.859. The monoisotopic (exact) mass is 169 g/mol. The SMILES string of the molecule is CC(C)O[C@H]1CN2CCC1CC2. The fourth-order valence-corrected chi connectivity index (χ4v) is 2.41. The number of rotatable bonds is 2.